The Hall–Kier alpha value is -2.00. The molecule has 0 bridgehead atoms. The Labute approximate surface area is 131 Å². The number of ether oxygens (including phenoxy) is 1. The molecule has 0 saturated heterocycles. The van der Waals surface area contributed by atoms with Crippen LogP contribution >= 0.6 is 0 Å². The van der Waals surface area contributed by atoms with Crippen molar-refractivity contribution in [3.63, 3.8) is 0 Å². The van der Waals surface area contributed by atoms with Crippen LogP contribution in [0.3, 0.4) is 0 Å². The van der Waals surface area contributed by atoms with E-state index in [9.17, 15) is 4.79 Å². The van der Waals surface area contributed by atoms with E-state index in [1.807, 2.05) is 44.6 Å². The van der Waals surface area contributed by atoms with Crippen molar-refractivity contribution in [3.05, 3.63) is 23.5 Å². The van der Waals surface area contributed by atoms with Gasteiger partial charge in [-0.1, -0.05) is 0 Å². The molecule has 1 aromatic rings. The minimum absolute atomic E-state index is 0.179. The lowest BCUT2D eigenvalue weighted by molar-refractivity contribution is 0.0465. The standard InChI is InChI=1S/C16H24N4O2/c1-16(2,3)22-15(21)19-13-6-12(7-13)18-9-11-5-14(8-17)20(4)10-11/h5,10,12-13,18H,6-7,9H2,1-4H3,(H,19,21). The van der Waals surface area contributed by atoms with E-state index in [0.29, 0.717) is 11.7 Å². The van der Waals surface area contributed by atoms with E-state index in [0.717, 1.165) is 24.9 Å². The summed E-state index contributed by atoms with van der Waals surface area (Å²) in [4.78, 5) is 11.6. The molecular formula is C16H24N4O2. The molecule has 2 N–H and O–H groups in total. The van der Waals surface area contributed by atoms with Crippen molar-refractivity contribution in [2.24, 2.45) is 7.05 Å². The lowest BCUT2D eigenvalue weighted by Gasteiger charge is -2.36. The van der Waals surface area contributed by atoms with Gasteiger partial charge in [0.05, 0.1) is 0 Å². The fourth-order valence-electron chi connectivity index (χ4n) is 2.48. The Kier molecular flexibility index (Phi) is 4.77. The predicted molar refractivity (Wildman–Crippen MR) is 83.1 cm³/mol. The Bertz CT molecular complexity index is 574. The van der Waals surface area contributed by atoms with Gasteiger partial charge in [-0.25, -0.2) is 4.79 Å². The normalized spacial score (nSPS) is 20.9. The lowest BCUT2D eigenvalue weighted by Crippen LogP contribution is -2.52. The van der Waals surface area contributed by atoms with Crippen LogP contribution < -0.4 is 10.6 Å². The highest BCUT2D eigenvalue weighted by Gasteiger charge is 2.31. The third-order valence-electron chi connectivity index (χ3n) is 3.63. The molecule has 0 spiro atoms. The summed E-state index contributed by atoms with van der Waals surface area (Å²) in [6, 6.07) is 4.62. The molecule has 0 atom stereocenters. The monoisotopic (exact) mass is 304 g/mol. The zero-order valence-corrected chi connectivity index (χ0v) is 13.6. The Balaban J connectivity index is 1.67. The zero-order chi connectivity index (χ0) is 16.3. The Morgan fingerprint density at radius 1 is 1.45 bits per heavy atom. The molecule has 1 aliphatic carbocycles. The number of rotatable bonds is 4. The Morgan fingerprint density at radius 3 is 2.68 bits per heavy atom. The molecule has 0 aliphatic heterocycles. The molecule has 6 heteroatoms. The zero-order valence-electron chi connectivity index (χ0n) is 13.6. The summed E-state index contributed by atoms with van der Waals surface area (Å²) < 4.78 is 7.06. The second-order valence-electron chi connectivity index (χ2n) is 6.85. The number of amides is 1. The van der Waals surface area contributed by atoms with Crippen LogP contribution in [0.1, 0.15) is 44.9 Å². The number of nitrogens with zero attached hydrogens (tertiary/aromatic N) is 2. The average Bonchev–Trinajstić information content (AvgIpc) is 2.70. The number of hydrogen-bond acceptors (Lipinski definition) is 4. The summed E-state index contributed by atoms with van der Waals surface area (Å²) in [7, 11) is 1.87. The lowest BCUT2D eigenvalue weighted by atomic mass is 9.87. The van der Waals surface area contributed by atoms with Gasteiger partial charge in [-0.2, -0.15) is 5.26 Å². The molecule has 22 heavy (non-hydrogen) atoms. The molecule has 6 nitrogen and oxygen atoms in total. The molecule has 1 saturated carbocycles. The summed E-state index contributed by atoms with van der Waals surface area (Å²) in [6.45, 7) is 6.30. The highest BCUT2D eigenvalue weighted by atomic mass is 16.6. The number of aromatic nitrogens is 1. The number of nitrogens with one attached hydrogen (secondary N) is 2. The maximum atomic E-state index is 11.6. The maximum absolute atomic E-state index is 11.6. The molecule has 1 aliphatic rings. The number of hydrogen-bond donors (Lipinski definition) is 2. The van der Waals surface area contributed by atoms with Crippen molar-refractivity contribution in [2.75, 3.05) is 0 Å². The van der Waals surface area contributed by atoms with Crippen molar-refractivity contribution in [2.45, 2.75) is 57.8 Å². The fraction of sp³-hybridized carbons (Fsp3) is 0.625. The fourth-order valence-corrected chi connectivity index (χ4v) is 2.48. The predicted octanol–water partition coefficient (Wildman–Crippen LogP) is 2.04. The first-order valence-corrected chi connectivity index (χ1v) is 7.55. The largest absolute Gasteiger partial charge is 0.444 e. The molecule has 1 heterocycles. The van der Waals surface area contributed by atoms with E-state index in [4.69, 9.17) is 10.00 Å². The van der Waals surface area contributed by atoms with E-state index in [1.165, 1.54) is 0 Å². The van der Waals surface area contributed by atoms with Crippen molar-refractivity contribution in [1.29, 1.82) is 5.26 Å². The summed E-state index contributed by atoms with van der Waals surface area (Å²) >= 11 is 0. The van der Waals surface area contributed by atoms with Crippen LogP contribution in [0.5, 0.6) is 0 Å². The molecule has 0 aromatic carbocycles. The van der Waals surface area contributed by atoms with E-state index in [2.05, 4.69) is 16.7 Å². The maximum Gasteiger partial charge on any atom is 0.407 e. The average molecular weight is 304 g/mol. The van der Waals surface area contributed by atoms with Crippen LogP contribution in [-0.2, 0) is 18.3 Å². The first-order chi connectivity index (χ1) is 10.3. The van der Waals surface area contributed by atoms with Gasteiger partial charge in [-0.3, -0.25) is 0 Å². The van der Waals surface area contributed by atoms with Crippen LogP contribution in [0, 0.1) is 11.3 Å². The molecular weight excluding hydrogens is 280 g/mol. The summed E-state index contributed by atoms with van der Waals surface area (Å²) in [6.07, 6.45) is 3.41. The van der Waals surface area contributed by atoms with Crippen LogP contribution in [0.25, 0.3) is 0 Å². The topological polar surface area (TPSA) is 79.1 Å². The summed E-state index contributed by atoms with van der Waals surface area (Å²) in [5.41, 5.74) is 1.30. The van der Waals surface area contributed by atoms with Gasteiger partial charge >= 0.3 is 6.09 Å². The molecule has 120 valence electrons. The number of nitriles is 1. The minimum atomic E-state index is -0.461. The molecule has 1 aromatic heterocycles. The first kappa shape index (κ1) is 16.4. The third-order valence-corrected chi connectivity index (χ3v) is 3.63. The second-order valence-corrected chi connectivity index (χ2v) is 6.85. The van der Waals surface area contributed by atoms with E-state index < -0.39 is 5.60 Å². The van der Waals surface area contributed by atoms with Gasteiger partial charge in [0.1, 0.15) is 17.4 Å². The van der Waals surface area contributed by atoms with Crippen LogP contribution in [0.2, 0.25) is 0 Å². The SMILES string of the molecule is Cn1cc(CNC2CC(NC(=O)OC(C)(C)C)C2)cc1C#N. The van der Waals surface area contributed by atoms with E-state index >= 15 is 0 Å². The van der Waals surface area contributed by atoms with Crippen molar-refractivity contribution < 1.29 is 9.53 Å². The number of aryl methyl sites for hydroxylation is 1. The quantitative estimate of drug-likeness (QED) is 0.892. The van der Waals surface area contributed by atoms with Gasteiger partial charge < -0.3 is 19.9 Å². The van der Waals surface area contributed by atoms with Crippen LogP contribution in [0.15, 0.2) is 12.3 Å². The van der Waals surface area contributed by atoms with Gasteiger partial charge in [0, 0.05) is 31.9 Å². The molecule has 1 fully saturated rings. The van der Waals surface area contributed by atoms with E-state index in [-0.39, 0.29) is 12.1 Å². The molecule has 0 radical (unpaired) electrons. The second kappa shape index (κ2) is 6.41. The molecule has 2 rings (SSSR count). The van der Waals surface area contributed by atoms with Gasteiger partial charge in [0.2, 0.25) is 0 Å². The number of carbonyl (C=O) groups is 1. The smallest absolute Gasteiger partial charge is 0.407 e. The summed E-state index contributed by atoms with van der Waals surface area (Å²) in [5, 5.41) is 15.2. The molecule has 1 amide bonds. The Morgan fingerprint density at radius 2 is 2.14 bits per heavy atom. The van der Waals surface area contributed by atoms with Crippen LogP contribution in [-0.4, -0.2) is 28.3 Å². The van der Waals surface area contributed by atoms with Gasteiger partial charge in [0.15, 0.2) is 0 Å². The highest BCUT2D eigenvalue weighted by molar-refractivity contribution is 5.68. The number of carbonyl (C=O) groups excluding carboxylic acids is 1. The van der Waals surface area contributed by atoms with Crippen molar-refractivity contribution >= 4 is 6.09 Å². The highest BCUT2D eigenvalue weighted by Crippen LogP contribution is 2.21. The van der Waals surface area contributed by atoms with Gasteiger partial charge in [-0.15, -0.1) is 0 Å². The minimum Gasteiger partial charge on any atom is -0.444 e. The van der Waals surface area contributed by atoms with Gasteiger partial charge in [-0.05, 0) is 45.2 Å². The number of alkyl carbamates (subject to hydrolysis) is 1. The van der Waals surface area contributed by atoms with Crippen molar-refractivity contribution in [1.82, 2.24) is 15.2 Å². The molecule has 0 unspecified atom stereocenters. The third kappa shape index (κ3) is 4.50. The van der Waals surface area contributed by atoms with Gasteiger partial charge in [0.25, 0.3) is 0 Å². The first-order valence-electron chi connectivity index (χ1n) is 7.55. The summed E-state index contributed by atoms with van der Waals surface area (Å²) in [5.74, 6) is 0. The van der Waals surface area contributed by atoms with Crippen LogP contribution in [0.4, 0.5) is 4.79 Å². The van der Waals surface area contributed by atoms with Crippen molar-refractivity contribution in [3.8, 4) is 6.07 Å². The van der Waals surface area contributed by atoms with E-state index in [1.54, 1.807) is 0 Å².